The number of para-hydroxylation sites is 1. The molecule has 144 valence electrons. The van der Waals surface area contributed by atoms with Gasteiger partial charge in [0.1, 0.15) is 12.4 Å². The van der Waals surface area contributed by atoms with E-state index in [-0.39, 0.29) is 23.6 Å². The summed E-state index contributed by atoms with van der Waals surface area (Å²) in [6.45, 7) is 2.64. The largest absolute Gasteiger partial charge is 0.470 e. The summed E-state index contributed by atoms with van der Waals surface area (Å²) in [6, 6.07) is 9.36. The molecule has 1 amide bonds. The molecule has 1 saturated heterocycles. The van der Waals surface area contributed by atoms with Gasteiger partial charge in [0, 0.05) is 13.0 Å². The highest BCUT2D eigenvalue weighted by atomic mass is 19.1. The number of benzene rings is 1. The summed E-state index contributed by atoms with van der Waals surface area (Å²) in [5, 5.41) is 8.42. The van der Waals surface area contributed by atoms with Crippen molar-refractivity contribution in [3.8, 4) is 11.6 Å². The third kappa shape index (κ3) is 3.55. The Morgan fingerprint density at radius 1 is 1.29 bits per heavy atom. The lowest BCUT2D eigenvalue weighted by Crippen LogP contribution is -2.31. The summed E-state index contributed by atoms with van der Waals surface area (Å²) in [4.78, 5) is 23.5. The van der Waals surface area contributed by atoms with Crippen molar-refractivity contribution in [3.05, 3.63) is 60.1 Å². The van der Waals surface area contributed by atoms with Crippen LogP contribution in [0.5, 0.6) is 5.88 Å². The number of hydrogen-bond acceptors (Lipinski definition) is 6. The minimum Gasteiger partial charge on any atom is -0.470 e. The third-order valence-electron chi connectivity index (χ3n) is 4.57. The van der Waals surface area contributed by atoms with E-state index in [1.54, 1.807) is 4.90 Å². The quantitative estimate of drug-likeness (QED) is 0.671. The van der Waals surface area contributed by atoms with Crippen LogP contribution in [-0.4, -0.2) is 55.0 Å². The molecule has 9 heteroatoms. The number of nitrogens with zero attached hydrogens (tertiary/aromatic N) is 6. The van der Waals surface area contributed by atoms with Crippen LogP contribution < -0.4 is 4.74 Å². The normalized spacial score (nSPS) is 16.4. The minimum atomic E-state index is -0.541. The van der Waals surface area contributed by atoms with Gasteiger partial charge in [0.25, 0.3) is 11.8 Å². The Morgan fingerprint density at radius 3 is 2.89 bits per heavy atom. The van der Waals surface area contributed by atoms with E-state index in [2.05, 4.69) is 20.2 Å². The smallest absolute Gasteiger partial charge is 0.276 e. The number of likely N-dealkylation sites (tertiary alicyclic amines) is 1. The van der Waals surface area contributed by atoms with E-state index < -0.39 is 5.82 Å². The fourth-order valence-electron chi connectivity index (χ4n) is 3.09. The second-order valence-corrected chi connectivity index (χ2v) is 6.43. The molecule has 0 bridgehead atoms. The van der Waals surface area contributed by atoms with Crippen LogP contribution in [0.15, 0.2) is 42.9 Å². The Bertz CT molecular complexity index is 978. The number of aryl methyl sites for hydroxylation is 1. The maximum atomic E-state index is 14.3. The molecule has 0 N–H and O–H groups in total. The van der Waals surface area contributed by atoms with Crippen molar-refractivity contribution >= 4 is 5.91 Å². The van der Waals surface area contributed by atoms with Crippen LogP contribution in [0, 0.1) is 5.82 Å². The lowest BCUT2D eigenvalue weighted by molar-refractivity contribution is 0.0763. The Kier molecular flexibility index (Phi) is 4.96. The Hall–Kier alpha value is -3.36. The molecule has 1 fully saturated rings. The Labute approximate surface area is 161 Å². The molecule has 0 radical (unpaired) electrons. The van der Waals surface area contributed by atoms with E-state index in [4.69, 9.17) is 4.74 Å². The third-order valence-corrected chi connectivity index (χ3v) is 4.57. The zero-order valence-electron chi connectivity index (χ0n) is 15.3. The van der Waals surface area contributed by atoms with E-state index in [0.717, 1.165) is 5.69 Å². The van der Waals surface area contributed by atoms with Crippen molar-refractivity contribution in [3.63, 3.8) is 0 Å². The first-order chi connectivity index (χ1) is 13.7. The first-order valence-corrected chi connectivity index (χ1v) is 9.08. The van der Waals surface area contributed by atoms with Gasteiger partial charge in [-0.2, -0.15) is 19.3 Å². The van der Waals surface area contributed by atoms with Crippen LogP contribution in [0.3, 0.4) is 0 Å². The number of carbonyl (C=O) groups is 1. The molecule has 1 aliphatic heterocycles. The van der Waals surface area contributed by atoms with Crippen LogP contribution in [0.2, 0.25) is 0 Å². The molecule has 0 unspecified atom stereocenters. The monoisotopic (exact) mass is 382 g/mol. The molecule has 0 aliphatic carbocycles. The molecule has 3 heterocycles. The topological polar surface area (TPSA) is 86.0 Å². The average molecular weight is 382 g/mol. The van der Waals surface area contributed by atoms with Gasteiger partial charge in [-0.1, -0.05) is 25.1 Å². The van der Waals surface area contributed by atoms with Crippen LogP contribution in [0.25, 0.3) is 5.69 Å². The molecule has 1 atom stereocenters. The first kappa shape index (κ1) is 18.0. The highest BCUT2D eigenvalue weighted by Crippen LogP contribution is 2.21. The van der Waals surface area contributed by atoms with Crippen LogP contribution >= 0.6 is 0 Å². The van der Waals surface area contributed by atoms with Crippen molar-refractivity contribution < 1.29 is 13.9 Å². The number of halogens is 1. The number of rotatable bonds is 5. The molecule has 0 saturated carbocycles. The number of carbonyl (C=O) groups excluding carboxylic acids is 1. The molecule has 3 aromatic rings. The summed E-state index contributed by atoms with van der Waals surface area (Å²) in [6.07, 6.45) is 3.45. The van der Waals surface area contributed by atoms with Gasteiger partial charge in [-0.05, 0) is 18.6 Å². The second-order valence-electron chi connectivity index (χ2n) is 6.43. The number of ether oxygens (including phenoxy) is 1. The van der Waals surface area contributed by atoms with Crippen molar-refractivity contribution in [2.45, 2.75) is 25.9 Å². The zero-order chi connectivity index (χ0) is 19.5. The van der Waals surface area contributed by atoms with E-state index >= 15 is 0 Å². The summed E-state index contributed by atoms with van der Waals surface area (Å²) >= 11 is 0. The van der Waals surface area contributed by atoms with Gasteiger partial charge < -0.3 is 9.64 Å². The number of hydrogen-bond donors (Lipinski definition) is 0. The van der Waals surface area contributed by atoms with Crippen molar-refractivity contribution in [1.29, 1.82) is 0 Å². The second kappa shape index (κ2) is 7.71. The Morgan fingerprint density at radius 2 is 2.11 bits per heavy atom. The summed E-state index contributed by atoms with van der Waals surface area (Å²) in [5.74, 6) is -0.840. The number of aromatic nitrogens is 5. The standard InChI is InChI=1S/C19H19FN6O2/c1-2-15-17(20)18(22-12-21-15)28-14-8-9-25(11-14)19(27)16-10-23-26(24-16)13-6-4-3-5-7-13/h3-7,10,12,14H,2,8-9,11H2,1H3/t14-/m0/s1. The van der Waals surface area contributed by atoms with Crippen LogP contribution in [0.1, 0.15) is 29.5 Å². The highest BCUT2D eigenvalue weighted by Gasteiger charge is 2.31. The van der Waals surface area contributed by atoms with Gasteiger partial charge in [-0.15, -0.1) is 5.10 Å². The molecular formula is C19H19FN6O2. The van der Waals surface area contributed by atoms with Gasteiger partial charge in [-0.3, -0.25) is 4.79 Å². The molecule has 4 rings (SSSR count). The van der Waals surface area contributed by atoms with E-state index in [0.29, 0.717) is 31.6 Å². The maximum Gasteiger partial charge on any atom is 0.276 e. The van der Waals surface area contributed by atoms with Gasteiger partial charge in [0.05, 0.1) is 24.1 Å². The fourth-order valence-corrected chi connectivity index (χ4v) is 3.09. The average Bonchev–Trinajstić information content (AvgIpc) is 3.40. The highest BCUT2D eigenvalue weighted by molar-refractivity contribution is 5.92. The van der Waals surface area contributed by atoms with Crippen LogP contribution in [-0.2, 0) is 6.42 Å². The molecule has 1 aliphatic rings. The fraction of sp³-hybridized carbons (Fsp3) is 0.316. The lowest BCUT2D eigenvalue weighted by Gasteiger charge is -2.16. The molecule has 2 aromatic heterocycles. The molecular weight excluding hydrogens is 363 g/mol. The first-order valence-electron chi connectivity index (χ1n) is 9.08. The SMILES string of the molecule is CCc1ncnc(O[C@H]2CCN(C(=O)c3cnn(-c4ccccc4)n3)C2)c1F. The van der Waals surface area contributed by atoms with E-state index in [1.807, 2.05) is 37.3 Å². The van der Waals surface area contributed by atoms with E-state index in [1.165, 1.54) is 17.3 Å². The van der Waals surface area contributed by atoms with Crippen molar-refractivity contribution in [2.24, 2.45) is 0 Å². The van der Waals surface area contributed by atoms with Crippen molar-refractivity contribution in [1.82, 2.24) is 29.9 Å². The number of amides is 1. The molecule has 28 heavy (non-hydrogen) atoms. The summed E-state index contributed by atoms with van der Waals surface area (Å²) in [7, 11) is 0. The van der Waals surface area contributed by atoms with Gasteiger partial charge in [0.2, 0.25) is 5.82 Å². The van der Waals surface area contributed by atoms with Crippen molar-refractivity contribution in [2.75, 3.05) is 13.1 Å². The van der Waals surface area contributed by atoms with Gasteiger partial charge in [-0.25, -0.2) is 4.98 Å². The molecule has 8 nitrogen and oxygen atoms in total. The molecule has 0 spiro atoms. The van der Waals surface area contributed by atoms with Gasteiger partial charge in [0.15, 0.2) is 5.69 Å². The molecule has 1 aromatic carbocycles. The lowest BCUT2D eigenvalue weighted by atomic mass is 10.3. The predicted molar refractivity (Wildman–Crippen MR) is 97.7 cm³/mol. The minimum absolute atomic E-state index is 0.0684. The van der Waals surface area contributed by atoms with Crippen LogP contribution in [0.4, 0.5) is 4.39 Å². The summed E-state index contributed by atoms with van der Waals surface area (Å²) in [5.41, 5.74) is 1.34. The maximum absolute atomic E-state index is 14.3. The van der Waals surface area contributed by atoms with Gasteiger partial charge >= 0.3 is 0 Å². The van der Waals surface area contributed by atoms with E-state index in [9.17, 15) is 9.18 Å². The predicted octanol–water partition coefficient (Wildman–Crippen LogP) is 2.05. The summed E-state index contributed by atoms with van der Waals surface area (Å²) < 4.78 is 19.9. The zero-order valence-corrected chi connectivity index (χ0v) is 15.3. The Balaban J connectivity index is 1.42.